The van der Waals surface area contributed by atoms with E-state index in [0.29, 0.717) is 6.42 Å². The molecule has 1 aromatic carbocycles. The molecule has 94 valence electrons. The van der Waals surface area contributed by atoms with Gasteiger partial charge >= 0.3 is 0 Å². The van der Waals surface area contributed by atoms with E-state index in [4.69, 9.17) is 16.7 Å². The molecule has 1 atom stereocenters. The van der Waals surface area contributed by atoms with Gasteiger partial charge in [0.1, 0.15) is 5.82 Å². The fraction of sp³-hybridized carbons (Fsp3) is 0.417. The molecule has 1 rings (SSSR count). The van der Waals surface area contributed by atoms with Gasteiger partial charge in [-0.25, -0.2) is 4.39 Å². The summed E-state index contributed by atoms with van der Waals surface area (Å²) in [5.74, 6) is -1.07. The summed E-state index contributed by atoms with van der Waals surface area (Å²) < 4.78 is 13.2. The van der Waals surface area contributed by atoms with E-state index >= 15 is 0 Å². The predicted octanol–water partition coefficient (Wildman–Crippen LogP) is 2.37. The SMILES string of the molecule is CCC(C)(CO)NC(=O)c1ccc(Cl)c(F)c1. The zero-order chi connectivity index (χ0) is 13.1. The van der Waals surface area contributed by atoms with Crippen LogP contribution in [0, 0.1) is 5.82 Å². The molecule has 0 aromatic heterocycles. The first-order valence-electron chi connectivity index (χ1n) is 5.30. The van der Waals surface area contributed by atoms with Crippen molar-refractivity contribution in [2.75, 3.05) is 6.61 Å². The Balaban J connectivity index is 2.86. The largest absolute Gasteiger partial charge is 0.394 e. The minimum absolute atomic E-state index is 0.0260. The molecule has 0 radical (unpaired) electrons. The second-order valence-corrected chi connectivity index (χ2v) is 4.56. The Hall–Kier alpha value is -1.13. The molecule has 0 aliphatic rings. The molecule has 0 bridgehead atoms. The van der Waals surface area contributed by atoms with Crippen LogP contribution >= 0.6 is 11.6 Å². The number of hydrogen-bond acceptors (Lipinski definition) is 2. The first-order valence-corrected chi connectivity index (χ1v) is 5.68. The monoisotopic (exact) mass is 259 g/mol. The van der Waals surface area contributed by atoms with E-state index in [-0.39, 0.29) is 17.2 Å². The highest BCUT2D eigenvalue weighted by atomic mass is 35.5. The molecule has 0 saturated carbocycles. The van der Waals surface area contributed by atoms with Crippen molar-refractivity contribution < 1.29 is 14.3 Å². The van der Waals surface area contributed by atoms with Crippen molar-refractivity contribution in [1.29, 1.82) is 0 Å². The van der Waals surface area contributed by atoms with Crippen molar-refractivity contribution in [3.63, 3.8) is 0 Å². The average molecular weight is 260 g/mol. The Labute approximate surface area is 105 Å². The molecule has 1 unspecified atom stereocenters. The fourth-order valence-corrected chi connectivity index (χ4v) is 1.34. The molecule has 1 amide bonds. The van der Waals surface area contributed by atoms with Gasteiger partial charge in [0.15, 0.2) is 0 Å². The summed E-state index contributed by atoms with van der Waals surface area (Å²) in [5.41, 5.74) is -0.521. The second-order valence-electron chi connectivity index (χ2n) is 4.16. The number of benzene rings is 1. The Morgan fingerprint density at radius 1 is 1.59 bits per heavy atom. The van der Waals surface area contributed by atoms with Crippen LogP contribution in [0.2, 0.25) is 5.02 Å². The number of rotatable bonds is 4. The number of amides is 1. The first kappa shape index (κ1) is 13.9. The molecule has 1 aromatic rings. The van der Waals surface area contributed by atoms with Crippen molar-refractivity contribution >= 4 is 17.5 Å². The van der Waals surface area contributed by atoms with Crippen molar-refractivity contribution in [3.8, 4) is 0 Å². The number of carbonyl (C=O) groups is 1. The van der Waals surface area contributed by atoms with Crippen LogP contribution in [0.4, 0.5) is 4.39 Å². The molecule has 3 nitrogen and oxygen atoms in total. The maximum atomic E-state index is 13.2. The summed E-state index contributed by atoms with van der Waals surface area (Å²) >= 11 is 5.53. The van der Waals surface area contributed by atoms with E-state index in [1.807, 2.05) is 6.92 Å². The quantitative estimate of drug-likeness (QED) is 0.872. The van der Waals surface area contributed by atoms with Gasteiger partial charge in [-0.15, -0.1) is 0 Å². The van der Waals surface area contributed by atoms with Gasteiger partial charge in [-0.05, 0) is 31.5 Å². The van der Waals surface area contributed by atoms with Crippen LogP contribution in [-0.2, 0) is 0 Å². The van der Waals surface area contributed by atoms with Gasteiger partial charge in [0.05, 0.1) is 17.2 Å². The van der Waals surface area contributed by atoms with Crippen LogP contribution in [0.3, 0.4) is 0 Å². The lowest BCUT2D eigenvalue weighted by Gasteiger charge is -2.27. The highest BCUT2D eigenvalue weighted by Crippen LogP contribution is 2.16. The zero-order valence-electron chi connectivity index (χ0n) is 9.76. The minimum Gasteiger partial charge on any atom is -0.394 e. The van der Waals surface area contributed by atoms with Gasteiger partial charge in [0.25, 0.3) is 5.91 Å². The Morgan fingerprint density at radius 2 is 2.24 bits per heavy atom. The third-order valence-electron chi connectivity index (χ3n) is 2.73. The van der Waals surface area contributed by atoms with E-state index in [2.05, 4.69) is 5.32 Å². The summed E-state index contributed by atoms with van der Waals surface area (Å²) in [5, 5.41) is 11.8. The van der Waals surface area contributed by atoms with Gasteiger partial charge in [0, 0.05) is 5.56 Å². The highest BCUT2D eigenvalue weighted by Gasteiger charge is 2.24. The van der Waals surface area contributed by atoms with Crippen LogP contribution in [-0.4, -0.2) is 23.2 Å². The summed E-state index contributed by atoms with van der Waals surface area (Å²) in [4.78, 5) is 11.8. The van der Waals surface area contributed by atoms with Crippen LogP contribution < -0.4 is 5.32 Å². The van der Waals surface area contributed by atoms with Gasteiger partial charge in [-0.3, -0.25) is 4.79 Å². The smallest absolute Gasteiger partial charge is 0.251 e. The number of hydrogen-bond donors (Lipinski definition) is 2. The average Bonchev–Trinajstić information content (AvgIpc) is 2.32. The summed E-state index contributed by atoms with van der Waals surface area (Å²) in [6, 6.07) is 3.84. The summed E-state index contributed by atoms with van der Waals surface area (Å²) in [7, 11) is 0. The highest BCUT2D eigenvalue weighted by molar-refractivity contribution is 6.30. The van der Waals surface area contributed by atoms with Gasteiger partial charge in [-0.1, -0.05) is 18.5 Å². The number of nitrogens with one attached hydrogen (secondary N) is 1. The lowest BCUT2D eigenvalue weighted by Crippen LogP contribution is -2.48. The maximum absolute atomic E-state index is 13.2. The van der Waals surface area contributed by atoms with E-state index in [9.17, 15) is 9.18 Å². The molecule has 2 N–H and O–H groups in total. The standard InChI is InChI=1S/C12H15ClFNO2/c1-3-12(2,7-16)15-11(17)8-4-5-9(13)10(14)6-8/h4-6,16H,3,7H2,1-2H3,(H,15,17). The molecular weight excluding hydrogens is 245 g/mol. The fourth-order valence-electron chi connectivity index (χ4n) is 1.22. The molecule has 0 heterocycles. The van der Waals surface area contributed by atoms with Crippen LogP contribution in [0.25, 0.3) is 0 Å². The summed E-state index contributed by atoms with van der Waals surface area (Å²) in [6.07, 6.45) is 0.575. The molecule has 17 heavy (non-hydrogen) atoms. The Bertz CT molecular complexity index is 419. The van der Waals surface area contributed by atoms with E-state index in [0.717, 1.165) is 6.07 Å². The number of aliphatic hydroxyl groups excluding tert-OH is 1. The van der Waals surface area contributed by atoms with Crippen LogP contribution in [0.15, 0.2) is 18.2 Å². The number of aliphatic hydroxyl groups is 1. The predicted molar refractivity (Wildman–Crippen MR) is 64.7 cm³/mol. The lowest BCUT2D eigenvalue weighted by atomic mass is 9.99. The molecular formula is C12H15ClFNO2. The molecule has 0 aliphatic carbocycles. The Morgan fingerprint density at radius 3 is 2.71 bits per heavy atom. The summed E-state index contributed by atoms with van der Waals surface area (Å²) in [6.45, 7) is 3.39. The van der Waals surface area contributed by atoms with Crippen molar-refractivity contribution in [2.45, 2.75) is 25.8 Å². The van der Waals surface area contributed by atoms with E-state index in [1.54, 1.807) is 6.92 Å². The Kier molecular flexibility index (Phi) is 4.48. The minimum atomic E-state index is -0.701. The lowest BCUT2D eigenvalue weighted by molar-refractivity contribution is 0.0847. The molecule has 0 spiro atoms. The normalized spacial score (nSPS) is 14.2. The van der Waals surface area contributed by atoms with Crippen LogP contribution in [0.1, 0.15) is 30.6 Å². The van der Waals surface area contributed by atoms with Gasteiger partial charge in [-0.2, -0.15) is 0 Å². The van der Waals surface area contributed by atoms with E-state index < -0.39 is 17.3 Å². The second kappa shape index (κ2) is 5.47. The van der Waals surface area contributed by atoms with Gasteiger partial charge in [0.2, 0.25) is 0 Å². The number of carbonyl (C=O) groups excluding carboxylic acids is 1. The topological polar surface area (TPSA) is 49.3 Å². The maximum Gasteiger partial charge on any atom is 0.251 e. The first-order chi connectivity index (χ1) is 7.91. The molecule has 0 aliphatic heterocycles. The van der Waals surface area contributed by atoms with Crippen molar-refractivity contribution in [3.05, 3.63) is 34.6 Å². The van der Waals surface area contributed by atoms with Crippen molar-refractivity contribution in [1.82, 2.24) is 5.32 Å². The van der Waals surface area contributed by atoms with E-state index in [1.165, 1.54) is 12.1 Å². The molecule has 5 heteroatoms. The molecule has 0 fully saturated rings. The third kappa shape index (κ3) is 3.41. The van der Waals surface area contributed by atoms with Crippen molar-refractivity contribution in [2.24, 2.45) is 0 Å². The number of halogens is 2. The zero-order valence-corrected chi connectivity index (χ0v) is 10.5. The van der Waals surface area contributed by atoms with Gasteiger partial charge < -0.3 is 10.4 Å². The van der Waals surface area contributed by atoms with Crippen LogP contribution in [0.5, 0.6) is 0 Å². The third-order valence-corrected chi connectivity index (χ3v) is 3.03. The molecule has 0 saturated heterocycles.